The molecule has 0 saturated heterocycles. The summed E-state index contributed by atoms with van der Waals surface area (Å²) in [7, 11) is 0. The number of carbonyl (C=O) groups excluding carboxylic acids is 3. The molecule has 0 aliphatic heterocycles. The molecule has 0 fully saturated rings. The van der Waals surface area contributed by atoms with E-state index in [0.717, 1.165) is 12.2 Å². The first-order valence-corrected chi connectivity index (χ1v) is 11.0. The smallest absolute Gasteiger partial charge is 0.306 e. The van der Waals surface area contributed by atoms with E-state index in [2.05, 4.69) is 10.6 Å². The normalized spacial score (nSPS) is 10.3. The minimum atomic E-state index is -0.467. The molecule has 2 N–H and O–H groups in total. The van der Waals surface area contributed by atoms with Crippen molar-refractivity contribution in [1.82, 2.24) is 10.6 Å². The Balaban J connectivity index is 1.47. The molecule has 2 aromatic carbocycles. The van der Waals surface area contributed by atoms with Crippen molar-refractivity contribution in [3.05, 3.63) is 65.2 Å². The van der Waals surface area contributed by atoms with Gasteiger partial charge in [-0.15, -0.1) is 11.8 Å². The van der Waals surface area contributed by atoms with Crippen LogP contribution >= 0.6 is 23.4 Å². The molecule has 0 atom stereocenters. The molecule has 0 spiro atoms. The van der Waals surface area contributed by atoms with E-state index >= 15 is 0 Å². The van der Waals surface area contributed by atoms with Crippen molar-refractivity contribution >= 4 is 41.1 Å². The van der Waals surface area contributed by atoms with Crippen LogP contribution in [0.15, 0.2) is 59.5 Å². The number of ether oxygens (including phenoxy) is 1. The molecule has 0 saturated carbocycles. The van der Waals surface area contributed by atoms with Gasteiger partial charge in [0.15, 0.2) is 6.61 Å². The molecule has 2 amide bonds. The van der Waals surface area contributed by atoms with E-state index in [-0.39, 0.29) is 24.8 Å². The number of esters is 1. The minimum absolute atomic E-state index is 0.127. The van der Waals surface area contributed by atoms with Crippen molar-refractivity contribution in [2.75, 3.05) is 25.4 Å². The van der Waals surface area contributed by atoms with Crippen molar-refractivity contribution in [3.63, 3.8) is 0 Å². The van der Waals surface area contributed by atoms with Crippen LogP contribution in [-0.2, 0) is 14.3 Å². The molecule has 0 bridgehead atoms. The van der Waals surface area contributed by atoms with Crippen LogP contribution in [0, 0.1) is 0 Å². The van der Waals surface area contributed by atoms with Gasteiger partial charge >= 0.3 is 5.97 Å². The van der Waals surface area contributed by atoms with Crippen molar-refractivity contribution < 1.29 is 19.1 Å². The Morgan fingerprint density at radius 3 is 2.33 bits per heavy atom. The summed E-state index contributed by atoms with van der Waals surface area (Å²) in [5.74, 6) is -0.120. The van der Waals surface area contributed by atoms with Crippen molar-refractivity contribution in [3.8, 4) is 0 Å². The van der Waals surface area contributed by atoms with Gasteiger partial charge in [-0.05, 0) is 55.0 Å². The van der Waals surface area contributed by atoms with Gasteiger partial charge in [-0.25, -0.2) is 0 Å². The highest BCUT2D eigenvalue weighted by molar-refractivity contribution is 7.99. The number of amides is 2. The Morgan fingerprint density at radius 2 is 1.60 bits per heavy atom. The van der Waals surface area contributed by atoms with Crippen LogP contribution in [0.1, 0.15) is 29.6 Å². The zero-order chi connectivity index (χ0) is 21.6. The third kappa shape index (κ3) is 9.80. The van der Waals surface area contributed by atoms with Crippen LogP contribution in [0.5, 0.6) is 0 Å². The lowest BCUT2D eigenvalue weighted by Crippen LogP contribution is -2.30. The van der Waals surface area contributed by atoms with Crippen LogP contribution in [0.2, 0.25) is 5.02 Å². The van der Waals surface area contributed by atoms with Gasteiger partial charge in [0.25, 0.3) is 11.8 Å². The Bertz CT molecular complexity index is 816. The van der Waals surface area contributed by atoms with Gasteiger partial charge in [-0.1, -0.05) is 29.8 Å². The van der Waals surface area contributed by atoms with Gasteiger partial charge in [-0.3, -0.25) is 14.4 Å². The summed E-state index contributed by atoms with van der Waals surface area (Å²) in [6, 6.07) is 16.6. The van der Waals surface area contributed by atoms with Crippen LogP contribution in [0.25, 0.3) is 0 Å². The fourth-order valence-electron chi connectivity index (χ4n) is 2.41. The van der Waals surface area contributed by atoms with Gasteiger partial charge in [0, 0.05) is 35.0 Å². The summed E-state index contributed by atoms with van der Waals surface area (Å²) in [6.45, 7) is 0.580. The molecule has 6 nitrogen and oxygen atoms in total. The second-order valence-corrected chi connectivity index (χ2v) is 8.00. The lowest BCUT2D eigenvalue weighted by atomic mass is 10.2. The number of halogens is 1. The van der Waals surface area contributed by atoms with E-state index in [1.54, 1.807) is 36.0 Å². The number of hydrogen-bond donors (Lipinski definition) is 2. The Morgan fingerprint density at radius 1 is 0.900 bits per heavy atom. The third-order valence-electron chi connectivity index (χ3n) is 3.97. The summed E-state index contributed by atoms with van der Waals surface area (Å²) in [5.41, 5.74) is 0.501. The van der Waals surface area contributed by atoms with Gasteiger partial charge in [0.05, 0.1) is 0 Å². The monoisotopic (exact) mass is 448 g/mol. The third-order valence-corrected chi connectivity index (χ3v) is 5.32. The number of thioether (sulfide) groups is 1. The highest BCUT2D eigenvalue weighted by Gasteiger charge is 2.08. The van der Waals surface area contributed by atoms with E-state index in [1.165, 1.54) is 4.90 Å². The van der Waals surface area contributed by atoms with Crippen molar-refractivity contribution in [1.29, 1.82) is 0 Å². The number of benzene rings is 2. The average Bonchev–Trinajstić information content (AvgIpc) is 2.76. The summed E-state index contributed by atoms with van der Waals surface area (Å²) in [5, 5.41) is 6.01. The Labute approximate surface area is 185 Å². The number of hydrogen-bond acceptors (Lipinski definition) is 5. The average molecular weight is 449 g/mol. The molecule has 30 heavy (non-hydrogen) atoms. The first-order chi connectivity index (χ1) is 14.5. The topological polar surface area (TPSA) is 84.5 Å². The highest BCUT2D eigenvalue weighted by Crippen LogP contribution is 2.17. The molecule has 0 aliphatic carbocycles. The SMILES string of the molecule is O=C(COC(=O)CCCNC(=O)c1ccc(Cl)cc1)NCCCSc1ccccc1. The molecule has 0 aromatic heterocycles. The molecule has 160 valence electrons. The molecule has 2 aromatic rings. The molecular formula is C22H25ClN2O4S. The molecule has 8 heteroatoms. The second-order valence-electron chi connectivity index (χ2n) is 6.39. The lowest BCUT2D eigenvalue weighted by molar-refractivity contribution is -0.148. The largest absolute Gasteiger partial charge is 0.456 e. The quantitative estimate of drug-likeness (QED) is 0.294. The van der Waals surface area contributed by atoms with Crippen LogP contribution < -0.4 is 10.6 Å². The van der Waals surface area contributed by atoms with Crippen LogP contribution in [0.4, 0.5) is 0 Å². The van der Waals surface area contributed by atoms with E-state index in [1.807, 2.05) is 30.3 Å². The van der Waals surface area contributed by atoms with Crippen molar-refractivity contribution in [2.45, 2.75) is 24.2 Å². The molecule has 0 radical (unpaired) electrons. The van der Waals surface area contributed by atoms with Gasteiger partial charge in [0.1, 0.15) is 0 Å². The van der Waals surface area contributed by atoms with Crippen molar-refractivity contribution in [2.24, 2.45) is 0 Å². The second kappa shape index (κ2) is 13.7. The van der Waals surface area contributed by atoms with Crippen LogP contribution in [0.3, 0.4) is 0 Å². The first kappa shape index (κ1) is 23.8. The van der Waals surface area contributed by atoms with E-state index in [0.29, 0.717) is 30.1 Å². The van der Waals surface area contributed by atoms with E-state index in [9.17, 15) is 14.4 Å². The van der Waals surface area contributed by atoms with Gasteiger partial charge in [0.2, 0.25) is 0 Å². The Hall–Kier alpha value is -2.51. The maximum absolute atomic E-state index is 11.9. The fraction of sp³-hybridized carbons (Fsp3) is 0.318. The Kier molecular flexibility index (Phi) is 10.8. The standard InChI is InChI=1S/C22H25ClN2O4S/c23-18-11-9-17(10-12-18)22(28)25-13-4-8-21(27)29-16-20(26)24-14-5-15-30-19-6-2-1-3-7-19/h1-3,6-7,9-12H,4-5,8,13-16H2,(H,24,26)(H,25,28). The molecule has 0 unspecified atom stereocenters. The molecular weight excluding hydrogens is 424 g/mol. The summed E-state index contributed by atoms with van der Waals surface area (Å²) < 4.78 is 4.95. The predicted octanol–water partition coefficient (Wildman–Crippen LogP) is 3.69. The van der Waals surface area contributed by atoms with Gasteiger partial charge in [-0.2, -0.15) is 0 Å². The minimum Gasteiger partial charge on any atom is -0.456 e. The lowest BCUT2D eigenvalue weighted by Gasteiger charge is -2.07. The van der Waals surface area contributed by atoms with Crippen LogP contribution in [-0.4, -0.2) is 43.2 Å². The molecule has 2 rings (SSSR count). The summed E-state index contributed by atoms with van der Waals surface area (Å²) in [4.78, 5) is 36.5. The van der Waals surface area contributed by atoms with Gasteiger partial charge < -0.3 is 15.4 Å². The van der Waals surface area contributed by atoms with E-state index in [4.69, 9.17) is 16.3 Å². The molecule has 0 aliphatic rings. The predicted molar refractivity (Wildman–Crippen MR) is 119 cm³/mol. The van der Waals surface area contributed by atoms with E-state index < -0.39 is 5.97 Å². The number of carbonyl (C=O) groups is 3. The maximum atomic E-state index is 11.9. The first-order valence-electron chi connectivity index (χ1n) is 9.68. The zero-order valence-corrected chi connectivity index (χ0v) is 18.1. The zero-order valence-electron chi connectivity index (χ0n) is 16.6. The molecule has 0 heterocycles. The number of rotatable bonds is 12. The fourth-order valence-corrected chi connectivity index (χ4v) is 3.41. The number of nitrogens with one attached hydrogen (secondary N) is 2. The summed E-state index contributed by atoms with van der Waals surface area (Å²) in [6.07, 6.45) is 1.38. The maximum Gasteiger partial charge on any atom is 0.306 e. The highest BCUT2D eigenvalue weighted by atomic mass is 35.5. The summed E-state index contributed by atoms with van der Waals surface area (Å²) >= 11 is 7.51.